The SMILES string of the molecule is CC(C)=CCN1C(=O)N(CC(C)C)C2(CCN(c3ncccc3F)CC2)C1=O.O=CO. The molecule has 2 saturated heterocycles. The molecule has 0 aliphatic carbocycles. The molecule has 3 amide bonds. The van der Waals surface area contributed by atoms with Crippen molar-refractivity contribution in [2.24, 2.45) is 5.92 Å². The lowest BCUT2D eigenvalue weighted by Gasteiger charge is -2.43. The Kier molecular flexibility index (Phi) is 8.13. The van der Waals surface area contributed by atoms with E-state index in [-0.39, 0.29) is 30.1 Å². The molecule has 0 saturated carbocycles. The molecular weight excluding hydrogens is 403 g/mol. The minimum atomic E-state index is -0.835. The van der Waals surface area contributed by atoms with Crippen molar-refractivity contribution in [2.75, 3.05) is 31.1 Å². The van der Waals surface area contributed by atoms with Crippen molar-refractivity contribution < 1.29 is 23.9 Å². The van der Waals surface area contributed by atoms with Crippen molar-refractivity contribution in [2.45, 2.75) is 46.1 Å². The zero-order chi connectivity index (χ0) is 23.2. The molecule has 3 rings (SSSR count). The highest BCUT2D eigenvalue weighted by molar-refractivity contribution is 6.07. The molecule has 0 atom stereocenters. The van der Waals surface area contributed by atoms with Crippen LogP contribution in [0.1, 0.15) is 40.5 Å². The Bertz CT molecular complexity index is 831. The zero-order valence-corrected chi connectivity index (χ0v) is 18.5. The summed E-state index contributed by atoms with van der Waals surface area (Å²) in [7, 11) is 0. The number of halogens is 1. The molecule has 0 aromatic carbocycles. The monoisotopic (exact) mass is 434 g/mol. The van der Waals surface area contributed by atoms with Crippen molar-refractivity contribution in [3.63, 3.8) is 0 Å². The smallest absolute Gasteiger partial charge is 0.327 e. The minimum Gasteiger partial charge on any atom is -0.483 e. The quantitative estimate of drug-likeness (QED) is 0.435. The Morgan fingerprint density at radius 3 is 2.42 bits per heavy atom. The first-order valence-electron chi connectivity index (χ1n) is 10.4. The molecule has 1 aromatic heterocycles. The van der Waals surface area contributed by atoms with Gasteiger partial charge in [-0.15, -0.1) is 0 Å². The lowest BCUT2D eigenvalue weighted by Crippen LogP contribution is -2.57. The van der Waals surface area contributed by atoms with Gasteiger partial charge in [-0.25, -0.2) is 14.2 Å². The third-order valence-corrected chi connectivity index (χ3v) is 5.48. The van der Waals surface area contributed by atoms with E-state index in [1.807, 2.05) is 38.7 Å². The summed E-state index contributed by atoms with van der Waals surface area (Å²) < 4.78 is 14.1. The Balaban J connectivity index is 0.00000107. The second-order valence-corrected chi connectivity index (χ2v) is 8.42. The largest absolute Gasteiger partial charge is 0.483 e. The summed E-state index contributed by atoms with van der Waals surface area (Å²) in [6.45, 7) is 9.54. The van der Waals surface area contributed by atoms with Gasteiger partial charge in [-0.1, -0.05) is 25.5 Å². The number of carbonyl (C=O) groups is 3. The topological polar surface area (TPSA) is 94.1 Å². The number of nitrogens with zero attached hydrogens (tertiary/aromatic N) is 4. The number of hydrogen-bond donors (Lipinski definition) is 1. The van der Waals surface area contributed by atoms with Crippen LogP contribution in [0.5, 0.6) is 0 Å². The first-order valence-corrected chi connectivity index (χ1v) is 10.4. The normalized spacial score (nSPS) is 17.7. The van der Waals surface area contributed by atoms with Crippen LogP contribution in [0.4, 0.5) is 15.0 Å². The van der Waals surface area contributed by atoms with E-state index in [1.54, 1.807) is 17.2 Å². The molecule has 170 valence electrons. The summed E-state index contributed by atoms with van der Waals surface area (Å²) in [5.41, 5.74) is 0.232. The molecule has 3 heterocycles. The highest BCUT2D eigenvalue weighted by atomic mass is 19.1. The standard InChI is InChI=1S/C21H29FN4O2.CH2O2/c1-15(2)7-11-25-19(27)21(26(20(25)28)14-16(3)4)8-12-24(13-9-21)18-17(22)6-5-10-23-18;2-1-3/h5-7,10,16H,8-9,11-14H2,1-4H3;1H,(H,2,3). The van der Waals surface area contributed by atoms with Gasteiger partial charge < -0.3 is 14.9 Å². The molecule has 1 N–H and O–H groups in total. The van der Waals surface area contributed by atoms with Crippen molar-refractivity contribution in [3.8, 4) is 0 Å². The summed E-state index contributed by atoms with van der Waals surface area (Å²) in [6, 6.07) is 2.74. The Labute approximate surface area is 182 Å². The molecule has 0 unspecified atom stereocenters. The fourth-order valence-electron chi connectivity index (χ4n) is 4.02. The molecule has 8 nitrogen and oxygen atoms in total. The number of imide groups is 1. The molecule has 31 heavy (non-hydrogen) atoms. The number of aromatic nitrogens is 1. The van der Waals surface area contributed by atoms with E-state index < -0.39 is 5.54 Å². The van der Waals surface area contributed by atoms with Crippen molar-refractivity contribution in [3.05, 3.63) is 35.8 Å². The van der Waals surface area contributed by atoms with Gasteiger partial charge in [0, 0.05) is 32.4 Å². The van der Waals surface area contributed by atoms with Crippen LogP contribution in [-0.2, 0) is 9.59 Å². The number of allylic oxidation sites excluding steroid dienone is 1. The predicted octanol–water partition coefficient (Wildman–Crippen LogP) is 3.15. The van der Waals surface area contributed by atoms with Crippen molar-refractivity contribution in [1.82, 2.24) is 14.8 Å². The van der Waals surface area contributed by atoms with E-state index in [0.717, 1.165) is 5.57 Å². The number of urea groups is 1. The summed E-state index contributed by atoms with van der Waals surface area (Å²) in [4.78, 5) is 43.9. The van der Waals surface area contributed by atoms with Crippen LogP contribution in [0, 0.1) is 11.7 Å². The Hall–Kier alpha value is -2.97. The highest BCUT2D eigenvalue weighted by Gasteiger charge is 2.57. The van der Waals surface area contributed by atoms with Gasteiger partial charge in [0.15, 0.2) is 11.6 Å². The van der Waals surface area contributed by atoms with Crippen LogP contribution in [-0.4, -0.2) is 70.0 Å². The van der Waals surface area contributed by atoms with Gasteiger partial charge in [0.25, 0.3) is 12.4 Å². The Morgan fingerprint density at radius 2 is 1.90 bits per heavy atom. The lowest BCUT2D eigenvalue weighted by atomic mass is 9.85. The minimum absolute atomic E-state index is 0.128. The van der Waals surface area contributed by atoms with Gasteiger partial charge in [-0.05, 0) is 44.7 Å². The molecule has 1 aromatic rings. The van der Waals surface area contributed by atoms with E-state index in [4.69, 9.17) is 9.90 Å². The van der Waals surface area contributed by atoms with Gasteiger partial charge in [-0.3, -0.25) is 14.5 Å². The molecule has 9 heteroatoms. The van der Waals surface area contributed by atoms with E-state index in [1.165, 1.54) is 11.0 Å². The fourth-order valence-corrected chi connectivity index (χ4v) is 4.02. The first kappa shape index (κ1) is 24.3. The van der Waals surface area contributed by atoms with Crippen molar-refractivity contribution in [1.29, 1.82) is 0 Å². The summed E-state index contributed by atoms with van der Waals surface area (Å²) in [5, 5.41) is 6.89. The fraction of sp³-hybridized carbons (Fsp3) is 0.545. The van der Waals surface area contributed by atoms with E-state index in [0.29, 0.717) is 44.8 Å². The number of carboxylic acid groups (broad SMARTS) is 1. The molecule has 2 aliphatic heterocycles. The number of anilines is 1. The number of rotatable bonds is 5. The van der Waals surface area contributed by atoms with E-state index in [2.05, 4.69) is 4.98 Å². The van der Waals surface area contributed by atoms with Crippen LogP contribution >= 0.6 is 0 Å². The summed E-state index contributed by atoms with van der Waals surface area (Å²) in [6.07, 6.45) is 4.43. The van der Waals surface area contributed by atoms with E-state index >= 15 is 0 Å². The van der Waals surface area contributed by atoms with Gasteiger partial charge in [0.05, 0.1) is 0 Å². The predicted molar refractivity (Wildman–Crippen MR) is 115 cm³/mol. The van der Waals surface area contributed by atoms with Crippen LogP contribution in [0.25, 0.3) is 0 Å². The molecule has 0 radical (unpaired) electrons. The number of carbonyl (C=O) groups excluding carboxylic acids is 2. The Morgan fingerprint density at radius 1 is 1.29 bits per heavy atom. The van der Waals surface area contributed by atoms with Gasteiger partial charge in [0.2, 0.25) is 0 Å². The van der Waals surface area contributed by atoms with Crippen LogP contribution in [0.15, 0.2) is 30.0 Å². The summed E-state index contributed by atoms with van der Waals surface area (Å²) >= 11 is 0. The lowest BCUT2D eigenvalue weighted by molar-refractivity contribution is -0.134. The maximum atomic E-state index is 14.1. The first-order chi connectivity index (χ1) is 14.7. The average molecular weight is 435 g/mol. The van der Waals surface area contributed by atoms with Gasteiger partial charge in [0.1, 0.15) is 5.54 Å². The van der Waals surface area contributed by atoms with Crippen LogP contribution < -0.4 is 4.90 Å². The third-order valence-electron chi connectivity index (χ3n) is 5.48. The van der Waals surface area contributed by atoms with Gasteiger partial charge >= 0.3 is 6.03 Å². The maximum Gasteiger partial charge on any atom is 0.327 e. The van der Waals surface area contributed by atoms with Crippen LogP contribution in [0.2, 0.25) is 0 Å². The number of pyridine rings is 1. The maximum absolute atomic E-state index is 14.1. The highest BCUT2D eigenvalue weighted by Crippen LogP contribution is 2.39. The molecule has 2 fully saturated rings. The van der Waals surface area contributed by atoms with Crippen molar-refractivity contribution >= 4 is 24.2 Å². The third kappa shape index (κ3) is 5.21. The zero-order valence-electron chi connectivity index (χ0n) is 18.5. The number of amides is 3. The molecule has 2 aliphatic rings. The molecule has 0 bridgehead atoms. The van der Waals surface area contributed by atoms with E-state index in [9.17, 15) is 14.0 Å². The second-order valence-electron chi connectivity index (χ2n) is 8.42. The second kappa shape index (κ2) is 10.4. The average Bonchev–Trinajstić information content (AvgIpc) is 2.89. The number of piperidine rings is 1. The van der Waals surface area contributed by atoms with Crippen LogP contribution in [0.3, 0.4) is 0 Å². The summed E-state index contributed by atoms with van der Waals surface area (Å²) in [5.74, 6) is 0.0718. The molecular formula is C22H31FN4O4. The molecule has 1 spiro atoms. The number of hydrogen-bond acceptors (Lipinski definition) is 5. The van der Waals surface area contributed by atoms with Gasteiger partial charge in [-0.2, -0.15) is 0 Å².